The van der Waals surface area contributed by atoms with Crippen molar-refractivity contribution >= 4 is 49.5 Å². The number of fused-ring (bicyclic) bond motifs is 3. The SMILES string of the molecule is N#Cc1c(NC(=O)c2cccc3ccccc23)sc2c1CC(c1ccc3ccccc3c1N)NC2. The van der Waals surface area contributed by atoms with E-state index in [0.29, 0.717) is 29.1 Å². The van der Waals surface area contributed by atoms with Gasteiger partial charge in [0.2, 0.25) is 0 Å². The number of rotatable bonds is 3. The summed E-state index contributed by atoms with van der Waals surface area (Å²) >= 11 is 1.47. The molecule has 1 aromatic heterocycles. The summed E-state index contributed by atoms with van der Waals surface area (Å²) in [4.78, 5) is 14.3. The third-order valence-electron chi connectivity index (χ3n) is 6.76. The van der Waals surface area contributed by atoms with Crippen LogP contribution in [0.2, 0.25) is 0 Å². The van der Waals surface area contributed by atoms with E-state index in [2.05, 4.69) is 34.9 Å². The molecular formula is C29H22N4OS. The van der Waals surface area contributed by atoms with Crippen LogP contribution >= 0.6 is 11.3 Å². The van der Waals surface area contributed by atoms with Crippen LogP contribution in [0.25, 0.3) is 21.5 Å². The van der Waals surface area contributed by atoms with E-state index in [9.17, 15) is 10.1 Å². The molecule has 0 saturated carbocycles. The van der Waals surface area contributed by atoms with Crippen LogP contribution in [0.3, 0.4) is 0 Å². The number of nitrogens with one attached hydrogen (secondary N) is 2. The molecule has 6 heteroatoms. The molecule has 4 N–H and O–H groups in total. The molecule has 0 bridgehead atoms. The molecule has 0 aliphatic carbocycles. The van der Waals surface area contributed by atoms with Crippen molar-refractivity contribution in [1.29, 1.82) is 5.26 Å². The summed E-state index contributed by atoms with van der Waals surface area (Å²) in [7, 11) is 0. The van der Waals surface area contributed by atoms with Crippen molar-refractivity contribution in [3.63, 3.8) is 0 Å². The molecule has 170 valence electrons. The Balaban J connectivity index is 1.32. The number of nitriles is 1. The highest BCUT2D eigenvalue weighted by Crippen LogP contribution is 2.40. The normalized spacial score (nSPS) is 15.0. The molecule has 0 fully saturated rings. The number of hydrogen-bond donors (Lipinski definition) is 3. The van der Waals surface area contributed by atoms with E-state index in [4.69, 9.17) is 5.73 Å². The standard InChI is InChI=1S/C29H22N4OS/c30-15-24-23-14-25(22-13-12-18-7-2-4-10-20(18)27(22)31)32-16-26(23)35-29(24)33-28(34)21-11-5-8-17-6-1-3-9-19(17)21/h1-13,25,32H,14,16,31H2,(H,33,34). The number of benzene rings is 4. The van der Waals surface area contributed by atoms with Gasteiger partial charge in [-0.15, -0.1) is 11.3 Å². The molecule has 0 saturated heterocycles. The molecule has 6 rings (SSSR count). The first-order valence-electron chi connectivity index (χ1n) is 11.5. The number of nitrogens with two attached hydrogens (primary N) is 1. The van der Waals surface area contributed by atoms with Gasteiger partial charge in [-0.1, -0.05) is 72.8 Å². The number of nitrogens with zero attached hydrogens (tertiary/aromatic N) is 1. The fraction of sp³-hybridized carbons (Fsp3) is 0.103. The molecule has 1 aliphatic heterocycles. The van der Waals surface area contributed by atoms with E-state index < -0.39 is 0 Å². The Morgan fingerprint density at radius 2 is 1.69 bits per heavy atom. The Kier molecular flexibility index (Phi) is 5.22. The van der Waals surface area contributed by atoms with E-state index in [1.165, 1.54) is 11.3 Å². The molecule has 1 amide bonds. The average Bonchev–Trinajstić information content (AvgIpc) is 3.24. The largest absolute Gasteiger partial charge is 0.398 e. The van der Waals surface area contributed by atoms with E-state index in [-0.39, 0.29) is 11.9 Å². The van der Waals surface area contributed by atoms with Crippen LogP contribution in [0.4, 0.5) is 10.7 Å². The molecule has 4 aromatic carbocycles. The van der Waals surface area contributed by atoms with Gasteiger partial charge < -0.3 is 16.4 Å². The summed E-state index contributed by atoms with van der Waals surface area (Å²) in [5.41, 5.74) is 10.5. The van der Waals surface area contributed by atoms with Gasteiger partial charge in [0.05, 0.1) is 5.56 Å². The lowest BCUT2D eigenvalue weighted by Gasteiger charge is -2.26. The first kappa shape index (κ1) is 21.4. The highest BCUT2D eigenvalue weighted by atomic mass is 32.1. The molecule has 5 nitrogen and oxygen atoms in total. The van der Waals surface area contributed by atoms with Gasteiger partial charge in [-0.05, 0) is 39.8 Å². The molecule has 2 heterocycles. The minimum Gasteiger partial charge on any atom is -0.398 e. The lowest BCUT2D eigenvalue weighted by atomic mass is 9.91. The summed E-state index contributed by atoms with van der Waals surface area (Å²) in [5.74, 6) is -0.208. The third-order valence-corrected chi connectivity index (χ3v) is 7.91. The maximum atomic E-state index is 13.2. The monoisotopic (exact) mass is 474 g/mol. The van der Waals surface area contributed by atoms with Gasteiger partial charge in [0.15, 0.2) is 0 Å². The zero-order valence-corrected chi connectivity index (χ0v) is 19.7. The minimum absolute atomic E-state index is 0.00424. The maximum absolute atomic E-state index is 13.2. The Bertz CT molecular complexity index is 1660. The number of hydrogen-bond acceptors (Lipinski definition) is 5. The Morgan fingerprint density at radius 1 is 0.971 bits per heavy atom. The Morgan fingerprint density at radius 3 is 2.49 bits per heavy atom. The number of nitrogen functional groups attached to an aromatic ring is 1. The van der Waals surface area contributed by atoms with Crippen molar-refractivity contribution in [3.05, 3.63) is 106 Å². The van der Waals surface area contributed by atoms with Gasteiger partial charge in [0.25, 0.3) is 5.91 Å². The fourth-order valence-corrected chi connectivity index (χ4v) is 6.12. The average molecular weight is 475 g/mol. The minimum atomic E-state index is -0.208. The van der Waals surface area contributed by atoms with Gasteiger partial charge in [0, 0.05) is 34.1 Å². The maximum Gasteiger partial charge on any atom is 0.256 e. The van der Waals surface area contributed by atoms with E-state index >= 15 is 0 Å². The molecule has 5 aromatic rings. The van der Waals surface area contributed by atoms with Gasteiger partial charge in [-0.3, -0.25) is 4.79 Å². The second-order valence-corrected chi connectivity index (χ2v) is 9.83. The summed E-state index contributed by atoms with van der Waals surface area (Å²) < 4.78 is 0. The molecule has 1 aliphatic rings. The predicted octanol–water partition coefficient (Wildman–Crippen LogP) is 6.15. The van der Waals surface area contributed by atoms with Crippen LogP contribution in [0.1, 0.15) is 38.0 Å². The molecular weight excluding hydrogens is 452 g/mol. The van der Waals surface area contributed by atoms with Crippen molar-refractivity contribution in [2.45, 2.75) is 19.0 Å². The number of thiophene rings is 1. The summed E-state index contributed by atoms with van der Waals surface area (Å²) in [6, 6.07) is 28.1. The number of carbonyl (C=O) groups excluding carboxylic acids is 1. The summed E-state index contributed by atoms with van der Waals surface area (Å²) in [6.45, 7) is 0.621. The lowest BCUT2D eigenvalue weighted by molar-refractivity contribution is 0.102. The van der Waals surface area contributed by atoms with E-state index in [1.54, 1.807) is 0 Å². The number of amides is 1. The van der Waals surface area contributed by atoms with Crippen LogP contribution in [0, 0.1) is 11.3 Å². The van der Waals surface area contributed by atoms with Gasteiger partial charge in [0.1, 0.15) is 11.1 Å². The van der Waals surface area contributed by atoms with Crippen molar-refractivity contribution in [1.82, 2.24) is 5.32 Å². The topological polar surface area (TPSA) is 90.9 Å². The summed E-state index contributed by atoms with van der Waals surface area (Å²) in [5, 5.41) is 21.3. The van der Waals surface area contributed by atoms with Gasteiger partial charge in [-0.25, -0.2) is 0 Å². The first-order chi connectivity index (χ1) is 17.1. The van der Waals surface area contributed by atoms with Crippen LogP contribution in [0.15, 0.2) is 78.9 Å². The predicted molar refractivity (Wildman–Crippen MR) is 143 cm³/mol. The van der Waals surface area contributed by atoms with Crippen LogP contribution in [-0.4, -0.2) is 5.91 Å². The highest BCUT2D eigenvalue weighted by molar-refractivity contribution is 7.16. The Hall–Kier alpha value is -4.18. The zero-order chi connectivity index (χ0) is 23.9. The Labute approximate surface area is 206 Å². The second-order valence-electron chi connectivity index (χ2n) is 8.73. The smallest absolute Gasteiger partial charge is 0.256 e. The van der Waals surface area contributed by atoms with Gasteiger partial charge >= 0.3 is 0 Å². The van der Waals surface area contributed by atoms with Crippen LogP contribution in [-0.2, 0) is 13.0 Å². The van der Waals surface area contributed by atoms with Crippen molar-refractivity contribution in [2.24, 2.45) is 0 Å². The van der Waals surface area contributed by atoms with Crippen molar-refractivity contribution < 1.29 is 4.79 Å². The molecule has 0 radical (unpaired) electrons. The number of carbonyl (C=O) groups is 1. The molecule has 1 unspecified atom stereocenters. The highest BCUT2D eigenvalue weighted by Gasteiger charge is 2.28. The quantitative estimate of drug-likeness (QED) is 0.274. The fourth-order valence-electron chi connectivity index (χ4n) is 5.00. The molecule has 1 atom stereocenters. The zero-order valence-electron chi connectivity index (χ0n) is 18.8. The molecule has 35 heavy (non-hydrogen) atoms. The summed E-state index contributed by atoms with van der Waals surface area (Å²) in [6.07, 6.45) is 0.640. The third kappa shape index (κ3) is 3.62. The number of anilines is 2. The van der Waals surface area contributed by atoms with Crippen molar-refractivity contribution in [3.8, 4) is 6.07 Å². The second kappa shape index (κ2) is 8.55. The van der Waals surface area contributed by atoms with Gasteiger partial charge in [-0.2, -0.15) is 5.26 Å². The van der Waals surface area contributed by atoms with E-state index in [1.807, 2.05) is 60.7 Å². The van der Waals surface area contributed by atoms with Crippen molar-refractivity contribution in [2.75, 3.05) is 11.1 Å². The van der Waals surface area contributed by atoms with E-state index in [0.717, 1.165) is 43.2 Å². The lowest BCUT2D eigenvalue weighted by Crippen LogP contribution is -2.28. The van der Waals surface area contributed by atoms with Crippen LogP contribution < -0.4 is 16.4 Å². The molecule has 0 spiro atoms. The first-order valence-corrected chi connectivity index (χ1v) is 12.3. The van der Waals surface area contributed by atoms with Crippen LogP contribution in [0.5, 0.6) is 0 Å².